The number of pyridine rings is 1. The van der Waals surface area contributed by atoms with E-state index in [0.29, 0.717) is 6.61 Å². The molecule has 20 heavy (non-hydrogen) atoms. The smallest absolute Gasteiger partial charge is 0.306 e. The fraction of sp³-hybridized carbons (Fsp3) is 0.357. The third kappa shape index (κ3) is 3.54. The van der Waals surface area contributed by atoms with Crippen molar-refractivity contribution in [1.82, 2.24) is 9.97 Å². The second-order valence-electron chi connectivity index (χ2n) is 4.35. The van der Waals surface area contributed by atoms with Crippen LogP contribution in [0.25, 0.3) is 0 Å². The van der Waals surface area contributed by atoms with Gasteiger partial charge in [-0.05, 0) is 25.5 Å². The van der Waals surface area contributed by atoms with Crippen LogP contribution in [0, 0.1) is 6.92 Å². The minimum atomic E-state index is -0.284. The number of aryl methyl sites for hydroxylation is 1. The van der Waals surface area contributed by atoms with Gasteiger partial charge in [-0.3, -0.25) is 9.78 Å². The van der Waals surface area contributed by atoms with Gasteiger partial charge in [0, 0.05) is 23.2 Å². The van der Waals surface area contributed by atoms with Gasteiger partial charge in [0.2, 0.25) is 0 Å². The summed E-state index contributed by atoms with van der Waals surface area (Å²) < 4.78 is 5.01. The normalized spacial score (nSPS) is 12.1. The van der Waals surface area contributed by atoms with Crippen molar-refractivity contribution < 1.29 is 14.6 Å². The van der Waals surface area contributed by atoms with Crippen molar-refractivity contribution in [1.29, 1.82) is 0 Å². The number of aromatic hydroxyl groups is 1. The van der Waals surface area contributed by atoms with Crippen molar-refractivity contribution >= 4 is 17.3 Å². The zero-order valence-electron chi connectivity index (χ0n) is 11.4. The molecule has 2 aromatic heterocycles. The van der Waals surface area contributed by atoms with Gasteiger partial charge >= 0.3 is 5.97 Å². The lowest BCUT2D eigenvalue weighted by atomic mass is 9.98. The summed E-state index contributed by atoms with van der Waals surface area (Å²) >= 11 is 1.53. The molecule has 0 spiro atoms. The highest BCUT2D eigenvalue weighted by molar-refractivity contribution is 7.11. The second kappa shape index (κ2) is 6.47. The van der Waals surface area contributed by atoms with Crippen molar-refractivity contribution in [2.45, 2.75) is 26.2 Å². The summed E-state index contributed by atoms with van der Waals surface area (Å²) in [5, 5.41) is 10.4. The molecule has 1 atom stereocenters. The van der Waals surface area contributed by atoms with E-state index in [1.54, 1.807) is 25.4 Å². The third-order valence-electron chi connectivity index (χ3n) is 2.76. The number of esters is 1. The first-order valence-electron chi connectivity index (χ1n) is 6.32. The maximum absolute atomic E-state index is 11.8. The Balaban J connectivity index is 2.31. The summed E-state index contributed by atoms with van der Waals surface area (Å²) in [7, 11) is 0. The van der Waals surface area contributed by atoms with Crippen LogP contribution >= 0.6 is 11.3 Å². The lowest BCUT2D eigenvalue weighted by molar-refractivity contribution is -0.143. The fourth-order valence-corrected chi connectivity index (χ4v) is 2.81. The maximum atomic E-state index is 11.8. The Kier molecular flexibility index (Phi) is 4.68. The van der Waals surface area contributed by atoms with Gasteiger partial charge in [-0.15, -0.1) is 11.3 Å². The van der Waals surface area contributed by atoms with E-state index in [9.17, 15) is 9.90 Å². The van der Waals surface area contributed by atoms with E-state index in [1.807, 2.05) is 6.92 Å². The van der Waals surface area contributed by atoms with E-state index < -0.39 is 0 Å². The van der Waals surface area contributed by atoms with Crippen LogP contribution in [0.3, 0.4) is 0 Å². The van der Waals surface area contributed by atoms with Gasteiger partial charge in [0.1, 0.15) is 10.8 Å². The van der Waals surface area contributed by atoms with E-state index in [0.717, 1.165) is 15.4 Å². The van der Waals surface area contributed by atoms with E-state index in [-0.39, 0.29) is 24.1 Å². The Bertz CT molecular complexity index is 598. The summed E-state index contributed by atoms with van der Waals surface area (Å²) in [6.07, 6.45) is 4.96. The van der Waals surface area contributed by atoms with Crippen LogP contribution in [-0.2, 0) is 9.53 Å². The molecule has 6 heteroatoms. The monoisotopic (exact) mass is 292 g/mol. The molecule has 2 rings (SSSR count). The van der Waals surface area contributed by atoms with E-state index in [2.05, 4.69) is 9.97 Å². The lowest BCUT2D eigenvalue weighted by Gasteiger charge is -2.14. The van der Waals surface area contributed by atoms with Crippen molar-refractivity contribution in [3.63, 3.8) is 0 Å². The quantitative estimate of drug-likeness (QED) is 0.858. The second-order valence-corrected chi connectivity index (χ2v) is 5.61. The van der Waals surface area contributed by atoms with Crippen LogP contribution in [0.2, 0.25) is 0 Å². The number of rotatable bonds is 5. The van der Waals surface area contributed by atoms with Crippen LogP contribution in [0.15, 0.2) is 24.7 Å². The van der Waals surface area contributed by atoms with Crippen molar-refractivity contribution in [3.8, 4) is 5.75 Å². The summed E-state index contributed by atoms with van der Waals surface area (Å²) in [6.45, 7) is 4.08. The highest BCUT2D eigenvalue weighted by Gasteiger charge is 2.22. The number of thiazole rings is 1. The lowest BCUT2D eigenvalue weighted by Crippen LogP contribution is -2.11. The Morgan fingerprint density at radius 1 is 1.45 bits per heavy atom. The first kappa shape index (κ1) is 14.5. The van der Waals surface area contributed by atoms with E-state index in [1.165, 1.54) is 17.5 Å². The van der Waals surface area contributed by atoms with Gasteiger partial charge in [-0.1, -0.05) is 0 Å². The molecular weight excluding hydrogens is 276 g/mol. The molecule has 5 nitrogen and oxygen atoms in total. The zero-order chi connectivity index (χ0) is 14.5. The molecule has 0 amide bonds. The topological polar surface area (TPSA) is 72.3 Å². The summed E-state index contributed by atoms with van der Waals surface area (Å²) in [4.78, 5) is 21.1. The van der Waals surface area contributed by atoms with Crippen LogP contribution in [0.1, 0.15) is 34.7 Å². The standard InChI is InChI=1S/C14H16N2O3S/c1-3-19-13(18)5-12(14-16-6-9(2)20-14)10-4-11(17)8-15-7-10/h4,6-8,12,17H,3,5H2,1-2H3. The SMILES string of the molecule is CCOC(=O)CC(c1cncc(O)c1)c1ncc(C)s1. The average molecular weight is 292 g/mol. The molecule has 0 aromatic carbocycles. The number of hydrogen-bond acceptors (Lipinski definition) is 6. The molecular formula is C14H16N2O3S. The molecule has 0 radical (unpaired) electrons. The highest BCUT2D eigenvalue weighted by Crippen LogP contribution is 2.32. The Morgan fingerprint density at radius 3 is 2.85 bits per heavy atom. The highest BCUT2D eigenvalue weighted by atomic mass is 32.1. The first-order valence-corrected chi connectivity index (χ1v) is 7.13. The Morgan fingerprint density at radius 2 is 2.25 bits per heavy atom. The predicted octanol–water partition coefficient (Wildman–Crippen LogP) is 2.64. The van der Waals surface area contributed by atoms with Crippen molar-refractivity contribution in [3.05, 3.63) is 40.1 Å². The summed E-state index contributed by atoms with van der Waals surface area (Å²) in [5.74, 6) is -0.453. The largest absolute Gasteiger partial charge is 0.506 e. The van der Waals surface area contributed by atoms with Gasteiger partial charge in [-0.25, -0.2) is 4.98 Å². The molecule has 0 aliphatic heterocycles. The summed E-state index contributed by atoms with van der Waals surface area (Å²) in [5.41, 5.74) is 0.757. The predicted molar refractivity (Wildman–Crippen MR) is 75.8 cm³/mol. The molecule has 0 saturated carbocycles. The third-order valence-corrected chi connectivity index (χ3v) is 3.79. The fourth-order valence-electron chi connectivity index (χ4n) is 1.90. The van der Waals surface area contributed by atoms with E-state index >= 15 is 0 Å². The van der Waals surface area contributed by atoms with Gasteiger partial charge < -0.3 is 9.84 Å². The molecule has 1 N–H and O–H groups in total. The number of ether oxygens (including phenoxy) is 1. The van der Waals surface area contributed by atoms with Crippen LogP contribution in [0.4, 0.5) is 0 Å². The number of hydrogen-bond donors (Lipinski definition) is 1. The molecule has 1 unspecified atom stereocenters. The summed E-state index contributed by atoms with van der Waals surface area (Å²) in [6, 6.07) is 1.60. The Hall–Kier alpha value is -1.95. The van der Waals surface area contributed by atoms with E-state index in [4.69, 9.17) is 4.74 Å². The van der Waals surface area contributed by atoms with Crippen LogP contribution < -0.4 is 0 Å². The van der Waals surface area contributed by atoms with Gasteiger partial charge in [0.15, 0.2) is 0 Å². The molecule has 0 aliphatic rings. The van der Waals surface area contributed by atoms with Crippen LogP contribution in [-0.4, -0.2) is 27.7 Å². The van der Waals surface area contributed by atoms with Crippen molar-refractivity contribution in [2.75, 3.05) is 6.61 Å². The van der Waals surface area contributed by atoms with Crippen LogP contribution in [0.5, 0.6) is 5.75 Å². The number of carbonyl (C=O) groups is 1. The van der Waals surface area contributed by atoms with Gasteiger partial charge in [0.05, 0.1) is 19.2 Å². The minimum absolute atomic E-state index is 0.0737. The molecule has 106 valence electrons. The minimum Gasteiger partial charge on any atom is -0.506 e. The maximum Gasteiger partial charge on any atom is 0.306 e. The zero-order valence-corrected chi connectivity index (χ0v) is 12.2. The number of carbonyl (C=O) groups excluding carboxylic acids is 1. The van der Waals surface area contributed by atoms with Gasteiger partial charge in [-0.2, -0.15) is 0 Å². The molecule has 0 aliphatic carbocycles. The molecule has 0 saturated heterocycles. The average Bonchev–Trinajstić information content (AvgIpc) is 2.83. The van der Waals surface area contributed by atoms with Gasteiger partial charge in [0.25, 0.3) is 0 Å². The Labute approximate surface area is 121 Å². The first-order chi connectivity index (χ1) is 9.60. The molecule has 0 bridgehead atoms. The molecule has 2 aromatic rings. The number of aromatic nitrogens is 2. The number of nitrogens with zero attached hydrogens (tertiary/aromatic N) is 2. The van der Waals surface area contributed by atoms with Crippen molar-refractivity contribution in [2.24, 2.45) is 0 Å². The molecule has 2 heterocycles. The molecule has 0 fully saturated rings.